The lowest BCUT2D eigenvalue weighted by atomic mass is 10.3. The highest BCUT2D eigenvalue weighted by Gasteiger charge is 2.08. The zero-order valence-electron chi connectivity index (χ0n) is 12.3. The van der Waals surface area contributed by atoms with Crippen LogP contribution in [0.3, 0.4) is 0 Å². The molecule has 0 amide bonds. The van der Waals surface area contributed by atoms with Gasteiger partial charge >= 0.3 is 0 Å². The van der Waals surface area contributed by atoms with Gasteiger partial charge in [0.1, 0.15) is 30.1 Å². The molecule has 0 aliphatic heterocycles. The van der Waals surface area contributed by atoms with Crippen molar-refractivity contribution in [3.63, 3.8) is 0 Å². The second-order valence-electron chi connectivity index (χ2n) is 4.73. The predicted molar refractivity (Wildman–Crippen MR) is 86.4 cm³/mol. The van der Waals surface area contributed by atoms with Crippen molar-refractivity contribution < 1.29 is 13.9 Å². The fourth-order valence-corrected chi connectivity index (χ4v) is 2.55. The molecule has 0 spiro atoms. The molecule has 3 rings (SSSR count). The Hall–Kier alpha value is -2.27. The largest absolute Gasteiger partial charge is 0.494 e. The summed E-state index contributed by atoms with van der Waals surface area (Å²) in [5, 5.41) is 2.00. The molecular weight excluding hydrogens is 298 g/mol. The molecule has 114 valence electrons. The first-order valence-corrected chi connectivity index (χ1v) is 8.07. The summed E-state index contributed by atoms with van der Waals surface area (Å²) in [6.07, 6.45) is 2.63. The highest BCUT2D eigenvalue weighted by molar-refractivity contribution is 7.13. The van der Waals surface area contributed by atoms with Crippen LogP contribution in [0, 0.1) is 0 Å². The predicted octanol–water partition coefficient (Wildman–Crippen LogP) is 4.77. The Balaban J connectivity index is 1.56. The number of hydrogen-bond donors (Lipinski definition) is 0. The molecule has 0 radical (unpaired) electrons. The van der Waals surface area contributed by atoms with Gasteiger partial charge in [-0.1, -0.05) is 13.0 Å². The smallest absolute Gasteiger partial charge is 0.236 e. The van der Waals surface area contributed by atoms with Crippen LogP contribution in [-0.2, 0) is 6.61 Å². The number of rotatable bonds is 7. The van der Waals surface area contributed by atoms with Gasteiger partial charge in [-0.25, -0.2) is 4.98 Å². The SMILES string of the molecule is CCCOc1ccc(OCc2coc(-c3cccs3)n2)cc1. The standard InChI is InChI=1S/C17H17NO3S/c1-2-9-19-14-5-7-15(8-6-14)20-11-13-12-21-17(18-13)16-4-3-10-22-16/h3-8,10,12H,2,9,11H2,1H3. The van der Waals surface area contributed by atoms with Gasteiger partial charge in [-0.3, -0.25) is 0 Å². The molecule has 2 heterocycles. The summed E-state index contributed by atoms with van der Waals surface area (Å²) in [6.45, 7) is 3.19. The van der Waals surface area contributed by atoms with Crippen LogP contribution in [-0.4, -0.2) is 11.6 Å². The zero-order chi connectivity index (χ0) is 15.2. The van der Waals surface area contributed by atoms with Crippen molar-refractivity contribution >= 4 is 11.3 Å². The fourth-order valence-electron chi connectivity index (χ4n) is 1.90. The van der Waals surface area contributed by atoms with Crippen molar-refractivity contribution in [3.05, 3.63) is 53.7 Å². The third kappa shape index (κ3) is 3.68. The Kier molecular flexibility index (Phi) is 4.75. The van der Waals surface area contributed by atoms with E-state index >= 15 is 0 Å². The van der Waals surface area contributed by atoms with Crippen molar-refractivity contribution in [2.75, 3.05) is 6.61 Å². The molecule has 5 heteroatoms. The maximum Gasteiger partial charge on any atom is 0.236 e. The average Bonchev–Trinajstić information content (AvgIpc) is 3.23. The van der Waals surface area contributed by atoms with E-state index in [1.807, 2.05) is 41.8 Å². The Bertz CT molecular complexity index is 689. The molecule has 2 aromatic heterocycles. The minimum atomic E-state index is 0.379. The third-order valence-corrected chi connectivity index (χ3v) is 3.82. The summed E-state index contributed by atoms with van der Waals surface area (Å²) in [7, 11) is 0. The molecule has 0 bridgehead atoms. The molecule has 0 aliphatic rings. The van der Waals surface area contributed by atoms with Crippen LogP contribution in [0.4, 0.5) is 0 Å². The van der Waals surface area contributed by atoms with Crippen LogP contribution in [0.5, 0.6) is 11.5 Å². The third-order valence-electron chi connectivity index (χ3n) is 2.97. The first kappa shape index (κ1) is 14.7. The van der Waals surface area contributed by atoms with Crippen LogP contribution in [0.2, 0.25) is 0 Å². The van der Waals surface area contributed by atoms with E-state index in [0.29, 0.717) is 12.5 Å². The van der Waals surface area contributed by atoms with E-state index in [2.05, 4.69) is 11.9 Å². The van der Waals surface area contributed by atoms with E-state index < -0.39 is 0 Å². The number of benzene rings is 1. The maximum absolute atomic E-state index is 5.71. The summed E-state index contributed by atoms with van der Waals surface area (Å²) < 4.78 is 16.7. The molecule has 1 aromatic carbocycles. The van der Waals surface area contributed by atoms with E-state index in [-0.39, 0.29) is 0 Å². The van der Waals surface area contributed by atoms with Gasteiger partial charge in [0.15, 0.2) is 0 Å². The van der Waals surface area contributed by atoms with Crippen molar-refractivity contribution in [2.24, 2.45) is 0 Å². The van der Waals surface area contributed by atoms with Crippen LogP contribution in [0.15, 0.2) is 52.5 Å². The van der Waals surface area contributed by atoms with E-state index in [1.54, 1.807) is 17.6 Å². The Morgan fingerprint density at radius 2 is 1.86 bits per heavy atom. The van der Waals surface area contributed by atoms with Crippen LogP contribution in [0.1, 0.15) is 19.0 Å². The molecule has 0 saturated carbocycles. The van der Waals surface area contributed by atoms with Gasteiger partial charge in [0.25, 0.3) is 0 Å². The molecular formula is C17H17NO3S. The molecule has 0 N–H and O–H groups in total. The van der Waals surface area contributed by atoms with E-state index in [0.717, 1.165) is 35.1 Å². The summed E-state index contributed by atoms with van der Waals surface area (Å²) in [5.41, 5.74) is 0.773. The van der Waals surface area contributed by atoms with Crippen LogP contribution >= 0.6 is 11.3 Å². The first-order valence-electron chi connectivity index (χ1n) is 7.19. The normalized spacial score (nSPS) is 10.6. The van der Waals surface area contributed by atoms with Crippen LogP contribution < -0.4 is 9.47 Å². The molecule has 0 aliphatic carbocycles. The summed E-state index contributed by atoms with van der Waals surface area (Å²) in [6, 6.07) is 11.6. The Labute approximate surface area is 133 Å². The Morgan fingerprint density at radius 3 is 2.55 bits per heavy atom. The second-order valence-corrected chi connectivity index (χ2v) is 5.68. The van der Waals surface area contributed by atoms with Gasteiger partial charge in [-0.15, -0.1) is 11.3 Å². The highest BCUT2D eigenvalue weighted by Crippen LogP contribution is 2.24. The van der Waals surface area contributed by atoms with Gasteiger partial charge in [-0.2, -0.15) is 0 Å². The van der Waals surface area contributed by atoms with Gasteiger partial charge in [-0.05, 0) is 42.1 Å². The number of oxazole rings is 1. The molecule has 0 atom stereocenters. The second kappa shape index (κ2) is 7.13. The van der Waals surface area contributed by atoms with Gasteiger partial charge < -0.3 is 13.9 Å². The monoisotopic (exact) mass is 315 g/mol. The fraction of sp³-hybridized carbons (Fsp3) is 0.235. The molecule has 0 fully saturated rings. The number of hydrogen-bond acceptors (Lipinski definition) is 5. The highest BCUT2D eigenvalue weighted by atomic mass is 32.1. The molecule has 22 heavy (non-hydrogen) atoms. The van der Waals surface area contributed by atoms with Gasteiger partial charge in [0.05, 0.1) is 11.5 Å². The lowest BCUT2D eigenvalue weighted by Gasteiger charge is -2.06. The van der Waals surface area contributed by atoms with Crippen LogP contribution in [0.25, 0.3) is 10.8 Å². The molecule has 0 saturated heterocycles. The van der Waals surface area contributed by atoms with E-state index in [1.165, 1.54) is 0 Å². The number of aromatic nitrogens is 1. The van der Waals surface area contributed by atoms with E-state index in [4.69, 9.17) is 13.9 Å². The number of thiophene rings is 1. The number of nitrogens with zero attached hydrogens (tertiary/aromatic N) is 1. The van der Waals surface area contributed by atoms with E-state index in [9.17, 15) is 0 Å². The summed E-state index contributed by atoms with van der Waals surface area (Å²) in [4.78, 5) is 5.44. The zero-order valence-corrected chi connectivity index (χ0v) is 13.1. The molecule has 4 nitrogen and oxygen atoms in total. The van der Waals surface area contributed by atoms with Crippen molar-refractivity contribution in [1.82, 2.24) is 4.98 Å². The minimum absolute atomic E-state index is 0.379. The number of ether oxygens (including phenoxy) is 2. The Morgan fingerprint density at radius 1 is 1.09 bits per heavy atom. The van der Waals surface area contributed by atoms with Gasteiger partial charge in [0, 0.05) is 0 Å². The lowest BCUT2D eigenvalue weighted by molar-refractivity contribution is 0.297. The molecule has 0 unspecified atom stereocenters. The minimum Gasteiger partial charge on any atom is -0.494 e. The quantitative estimate of drug-likeness (QED) is 0.630. The maximum atomic E-state index is 5.71. The van der Waals surface area contributed by atoms with Gasteiger partial charge in [0.2, 0.25) is 5.89 Å². The average molecular weight is 315 g/mol. The summed E-state index contributed by atoms with van der Waals surface area (Å²) >= 11 is 1.60. The summed E-state index contributed by atoms with van der Waals surface area (Å²) in [5.74, 6) is 2.28. The molecule has 3 aromatic rings. The first-order chi connectivity index (χ1) is 10.8. The van der Waals surface area contributed by atoms with Crippen molar-refractivity contribution in [3.8, 4) is 22.3 Å². The van der Waals surface area contributed by atoms with Crippen molar-refractivity contribution in [1.29, 1.82) is 0 Å². The lowest BCUT2D eigenvalue weighted by Crippen LogP contribution is -1.97. The van der Waals surface area contributed by atoms with Crippen molar-refractivity contribution in [2.45, 2.75) is 20.0 Å². The topological polar surface area (TPSA) is 44.5 Å².